The Hall–Kier alpha value is -1.13. The average molecular weight is 286 g/mol. The fourth-order valence-corrected chi connectivity index (χ4v) is 2.77. The SMILES string of the molecule is CC(C)(O)[C@H]1CCCN1C(=O)c1cccc(F)c1Cl. The Balaban J connectivity index is 2.31. The number of rotatable bonds is 2. The molecule has 0 saturated carbocycles. The topological polar surface area (TPSA) is 40.5 Å². The van der Waals surface area contributed by atoms with Crippen molar-refractivity contribution in [3.05, 3.63) is 34.6 Å². The Morgan fingerprint density at radius 1 is 1.53 bits per heavy atom. The molecule has 1 saturated heterocycles. The van der Waals surface area contributed by atoms with Crippen LogP contribution >= 0.6 is 11.6 Å². The largest absolute Gasteiger partial charge is 0.388 e. The molecule has 0 bridgehead atoms. The van der Waals surface area contributed by atoms with Gasteiger partial charge in [-0.05, 0) is 38.8 Å². The molecule has 0 unspecified atom stereocenters. The summed E-state index contributed by atoms with van der Waals surface area (Å²) in [6.45, 7) is 3.91. The number of halogens is 2. The van der Waals surface area contributed by atoms with Crippen LogP contribution in [0.25, 0.3) is 0 Å². The van der Waals surface area contributed by atoms with Crippen LogP contribution in [0.15, 0.2) is 18.2 Å². The van der Waals surface area contributed by atoms with E-state index >= 15 is 0 Å². The summed E-state index contributed by atoms with van der Waals surface area (Å²) in [6, 6.07) is 3.92. The smallest absolute Gasteiger partial charge is 0.255 e. The summed E-state index contributed by atoms with van der Waals surface area (Å²) in [7, 11) is 0. The molecule has 1 aliphatic heterocycles. The molecule has 1 N–H and O–H groups in total. The molecule has 5 heteroatoms. The third-order valence-electron chi connectivity index (χ3n) is 3.51. The van der Waals surface area contributed by atoms with Crippen LogP contribution in [-0.4, -0.2) is 34.1 Å². The van der Waals surface area contributed by atoms with E-state index in [4.69, 9.17) is 11.6 Å². The van der Waals surface area contributed by atoms with Gasteiger partial charge in [-0.15, -0.1) is 0 Å². The van der Waals surface area contributed by atoms with Crippen LogP contribution in [0.1, 0.15) is 37.0 Å². The summed E-state index contributed by atoms with van der Waals surface area (Å²) in [6.07, 6.45) is 1.56. The highest BCUT2D eigenvalue weighted by molar-refractivity contribution is 6.34. The molecule has 0 spiro atoms. The number of hydrogen-bond acceptors (Lipinski definition) is 2. The van der Waals surface area contributed by atoms with E-state index in [1.54, 1.807) is 18.7 Å². The van der Waals surface area contributed by atoms with Crippen molar-refractivity contribution in [1.29, 1.82) is 0 Å². The number of likely N-dealkylation sites (tertiary alicyclic amines) is 1. The Morgan fingerprint density at radius 3 is 2.84 bits per heavy atom. The lowest BCUT2D eigenvalue weighted by atomic mass is 9.96. The van der Waals surface area contributed by atoms with Crippen LogP contribution in [0.4, 0.5) is 4.39 Å². The van der Waals surface area contributed by atoms with Gasteiger partial charge < -0.3 is 10.0 Å². The summed E-state index contributed by atoms with van der Waals surface area (Å²) in [5.41, 5.74) is -0.829. The molecule has 1 atom stereocenters. The third-order valence-corrected chi connectivity index (χ3v) is 3.90. The zero-order chi connectivity index (χ0) is 14.2. The highest BCUT2D eigenvalue weighted by atomic mass is 35.5. The molecule has 1 aromatic rings. The van der Waals surface area contributed by atoms with Gasteiger partial charge in [-0.2, -0.15) is 0 Å². The van der Waals surface area contributed by atoms with Gasteiger partial charge in [0.05, 0.1) is 22.2 Å². The zero-order valence-corrected chi connectivity index (χ0v) is 11.7. The number of carbonyl (C=O) groups is 1. The number of nitrogens with zero attached hydrogens (tertiary/aromatic N) is 1. The minimum atomic E-state index is -0.980. The second-order valence-corrected chi connectivity index (χ2v) is 5.79. The van der Waals surface area contributed by atoms with Crippen LogP contribution in [-0.2, 0) is 0 Å². The van der Waals surface area contributed by atoms with Gasteiger partial charge in [0.2, 0.25) is 0 Å². The first-order valence-corrected chi connectivity index (χ1v) is 6.67. The molecule has 1 aliphatic rings. The van der Waals surface area contributed by atoms with E-state index in [-0.39, 0.29) is 22.5 Å². The van der Waals surface area contributed by atoms with Crippen molar-refractivity contribution in [3.8, 4) is 0 Å². The van der Waals surface area contributed by atoms with Gasteiger partial charge in [-0.25, -0.2) is 4.39 Å². The standard InChI is InChI=1S/C14H17ClFNO2/c1-14(2,19)11-7-4-8-17(11)13(18)9-5-3-6-10(16)12(9)15/h3,5-6,11,19H,4,7-8H2,1-2H3/t11-/m1/s1. The molecule has 104 valence electrons. The Kier molecular flexibility index (Phi) is 3.83. The Bertz CT molecular complexity index is 499. The maximum atomic E-state index is 13.4. The highest BCUT2D eigenvalue weighted by Crippen LogP contribution is 2.30. The van der Waals surface area contributed by atoms with Crippen LogP contribution in [0.3, 0.4) is 0 Å². The van der Waals surface area contributed by atoms with Crippen LogP contribution < -0.4 is 0 Å². The van der Waals surface area contributed by atoms with Crippen LogP contribution in [0.2, 0.25) is 5.02 Å². The van der Waals surface area contributed by atoms with Crippen molar-refractivity contribution in [2.24, 2.45) is 0 Å². The first-order valence-electron chi connectivity index (χ1n) is 6.29. The first-order chi connectivity index (χ1) is 8.82. The molecular formula is C14H17ClFNO2. The van der Waals surface area contributed by atoms with Crippen LogP contribution in [0, 0.1) is 5.82 Å². The lowest BCUT2D eigenvalue weighted by Crippen LogP contribution is -2.48. The van der Waals surface area contributed by atoms with E-state index in [0.717, 1.165) is 12.8 Å². The van der Waals surface area contributed by atoms with Crippen molar-refractivity contribution >= 4 is 17.5 Å². The molecular weight excluding hydrogens is 269 g/mol. The van der Waals surface area contributed by atoms with Gasteiger partial charge in [-0.1, -0.05) is 17.7 Å². The molecule has 1 aromatic carbocycles. The summed E-state index contributed by atoms with van der Waals surface area (Å²) in [5, 5.41) is 9.95. The first kappa shape index (κ1) is 14.3. The Morgan fingerprint density at radius 2 is 2.21 bits per heavy atom. The fourth-order valence-electron chi connectivity index (χ4n) is 2.57. The summed E-state index contributed by atoms with van der Waals surface area (Å²) < 4.78 is 13.4. The molecule has 1 fully saturated rings. The van der Waals surface area contributed by atoms with Gasteiger partial charge >= 0.3 is 0 Å². The van der Waals surface area contributed by atoms with E-state index in [1.165, 1.54) is 18.2 Å². The van der Waals surface area contributed by atoms with E-state index < -0.39 is 11.4 Å². The number of hydrogen-bond donors (Lipinski definition) is 1. The van der Waals surface area contributed by atoms with Crippen molar-refractivity contribution in [1.82, 2.24) is 4.90 Å². The van der Waals surface area contributed by atoms with Gasteiger partial charge in [-0.3, -0.25) is 4.79 Å². The second kappa shape index (κ2) is 5.10. The summed E-state index contributed by atoms with van der Waals surface area (Å²) >= 11 is 5.84. The monoisotopic (exact) mass is 285 g/mol. The Labute approximate surface area is 117 Å². The lowest BCUT2D eigenvalue weighted by molar-refractivity contribution is 0.000329. The predicted octanol–water partition coefficient (Wildman–Crippen LogP) is 2.85. The van der Waals surface area contributed by atoms with Gasteiger partial charge in [0.1, 0.15) is 5.82 Å². The van der Waals surface area contributed by atoms with E-state index in [2.05, 4.69) is 0 Å². The maximum absolute atomic E-state index is 13.4. The van der Waals surface area contributed by atoms with Gasteiger partial charge in [0, 0.05) is 6.54 Å². The second-order valence-electron chi connectivity index (χ2n) is 5.41. The average Bonchev–Trinajstić information content (AvgIpc) is 2.80. The maximum Gasteiger partial charge on any atom is 0.255 e. The molecule has 3 nitrogen and oxygen atoms in total. The molecule has 0 aromatic heterocycles. The van der Waals surface area contributed by atoms with Crippen molar-refractivity contribution in [2.45, 2.75) is 38.3 Å². The minimum Gasteiger partial charge on any atom is -0.388 e. The number of aliphatic hydroxyl groups is 1. The van der Waals surface area contributed by atoms with E-state index in [9.17, 15) is 14.3 Å². The molecule has 1 amide bonds. The number of benzene rings is 1. The molecule has 0 aliphatic carbocycles. The summed E-state index contributed by atoms with van der Waals surface area (Å²) in [5.74, 6) is -0.930. The molecule has 19 heavy (non-hydrogen) atoms. The molecule has 1 heterocycles. The highest BCUT2D eigenvalue weighted by Gasteiger charge is 2.39. The van der Waals surface area contributed by atoms with E-state index in [1.807, 2.05) is 0 Å². The van der Waals surface area contributed by atoms with Gasteiger partial charge in [0.25, 0.3) is 5.91 Å². The lowest BCUT2D eigenvalue weighted by Gasteiger charge is -2.34. The number of carbonyl (C=O) groups excluding carboxylic acids is 1. The third kappa shape index (κ3) is 2.74. The van der Waals surface area contributed by atoms with Crippen molar-refractivity contribution in [3.63, 3.8) is 0 Å². The van der Waals surface area contributed by atoms with Crippen molar-refractivity contribution < 1.29 is 14.3 Å². The zero-order valence-electron chi connectivity index (χ0n) is 11.0. The summed E-state index contributed by atoms with van der Waals surface area (Å²) in [4.78, 5) is 14.0. The minimum absolute atomic E-state index is 0.151. The molecule has 0 radical (unpaired) electrons. The van der Waals surface area contributed by atoms with E-state index in [0.29, 0.717) is 6.54 Å². The predicted molar refractivity (Wildman–Crippen MR) is 71.8 cm³/mol. The quantitative estimate of drug-likeness (QED) is 0.908. The van der Waals surface area contributed by atoms with Gasteiger partial charge in [0.15, 0.2) is 0 Å². The number of amides is 1. The van der Waals surface area contributed by atoms with Crippen LogP contribution in [0.5, 0.6) is 0 Å². The fraction of sp³-hybridized carbons (Fsp3) is 0.500. The normalized spacial score (nSPS) is 19.8. The molecule has 2 rings (SSSR count). The van der Waals surface area contributed by atoms with Crippen molar-refractivity contribution in [2.75, 3.05) is 6.54 Å².